The number of aryl methyl sites for hydroxylation is 1. The van der Waals surface area contributed by atoms with E-state index in [4.69, 9.17) is 13.9 Å². The molecule has 1 aliphatic heterocycles. The third-order valence-electron chi connectivity index (χ3n) is 6.76. The average molecular weight is 344 g/mol. The van der Waals surface area contributed by atoms with Crippen LogP contribution in [0, 0.1) is 18.3 Å². The van der Waals surface area contributed by atoms with Gasteiger partial charge >= 0.3 is 5.97 Å². The summed E-state index contributed by atoms with van der Waals surface area (Å²) in [4.78, 5) is 25.8. The molecule has 5 nitrogen and oxygen atoms in total. The quantitative estimate of drug-likeness (QED) is 0.462. The number of ether oxygens (including phenoxy) is 2. The average Bonchev–Trinajstić information content (AvgIpc) is 3.23. The minimum atomic E-state index is -0.920. The molecular weight excluding hydrogens is 320 g/mol. The van der Waals surface area contributed by atoms with Crippen molar-refractivity contribution in [2.24, 2.45) is 11.3 Å². The molecule has 5 heteroatoms. The molecule has 2 fully saturated rings. The molecule has 5 atom stereocenters. The molecule has 4 rings (SSSR count). The number of epoxide rings is 1. The number of carbonyl (C=O) groups excluding carboxylic acids is 2. The molecule has 2 heterocycles. The molecule has 3 aliphatic rings. The number of hydrogen-bond donors (Lipinski definition) is 0. The Morgan fingerprint density at radius 3 is 2.80 bits per heavy atom. The molecule has 1 aromatic heterocycles. The minimum Gasteiger partial charge on any atom is -0.460 e. The summed E-state index contributed by atoms with van der Waals surface area (Å²) in [5.41, 5.74) is 0.576. The van der Waals surface area contributed by atoms with Crippen LogP contribution < -0.4 is 0 Å². The highest BCUT2D eigenvalue weighted by Crippen LogP contribution is 2.69. The predicted molar refractivity (Wildman–Crippen MR) is 90.1 cm³/mol. The number of esters is 1. The first-order valence-electron chi connectivity index (χ1n) is 8.93. The Morgan fingerprint density at radius 1 is 1.40 bits per heavy atom. The number of fused-ring (bicyclic) bond motifs is 1. The van der Waals surface area contributed by atoms with Crippen molar-refractivity contribution in [1.82, 2.24) is 0 Å². The molecule has 0 unspecified atom stereocenters. The monoisotopic (exact) mass is 344 g/mol. The Bertz CT molecular complexity index is 803. The molecule has 1 aromatic rings. The van der Waals surface area contributed by atoms with Crippen LogP contribution in [-0.4, -0.2) is 23.5 Å². The summed E-state index contributed by atoms with van der Waals surface area (Å²) in [6.07, 6.45) is 4.44. The van der Waals surface area contributed by atoms with Gasteiger partial charge in [-0.25, -0.2) is 4.79 Å². The molecule has 1 spiro atoms. The number of carbonyl (C=O) groups is 2. The van der Waals surface area contributed by atoms with Gasteiger partial charge < -0.3 is 13.9 Å². The van der Waals surface area contributed by atoms with E-state index in [1.54, 1.807) is 19.3 Å². The molecule has 0 radical (unpaired) electrons. The van der Waals surface area contributed by atoms with E-state index in [1.165, 1.54) is 0 Å². The van der Waals surface area contributed by atoms with Crippen molar-refractivity contribution in [3.63, 3.8) is 0 Å². The van der Waals surface area contributed by atoms with Crippen molar-refractivity contribution < 1.29 is 23.5 Å². The lowest BCUT2D eigenvalue weighted by atomic mass is 9.53. The fourth-order valence-corrected chi connectivity index (χ4v) is 4.81. The zero-order valence-electron chi connectivity index (χ0n) is 15.3. The molecule has 0 amide bonds. The zero-order valence-corrected chi connectivity index (χ0v) is 15.3. The van der Waals surface area contributed by atoms with Crippen LogP contribution in [0.5, 0.6) is 0 Å². The summed E-state index contributed by atoms with van der Waals surface area (Å²) in [5.74, 6) is 0.0216. The summed E-state index contributed by atoms with van der Waals surface area (Å²) in [5, 5.41) is 0. The van der Waals surface area contributed by atoms with Crippen LogP contribution in [-0.2, 0) is 14.3 Å². The molecular formula is C20H24O5. The van der Waals surface area contributed by atoms with Gasteiger partial charge in [0.2, 0.25) is 5.78 Å². The molecule has 134 valence electrons. The van der Waals surface area contributed by atoms with Crippen LogP contribution in [0.15, 0.2) is 22.3 Å². The maximum Gasteiger partial charge on any atom is 0.334 e. The summed E-state index contributed by atoms with van der Waals surface area (Å²) in [7, 11) is 0. The van der Waals surface area contributed by atoms with Crippen molar-refractivity contribution in [1.29, 1.82) is 0 Å². The molecule has 1 saturated heterocycles. The smallest absolute Gasteiger partial charge is 0.334 e. The maximum atomic E-state index is 13.2. The lowest BCUT2D eigenvalue weighted by molar-refractivity contribution is -0.161. The van der Waals surface area contributed by atoms with Gasteiger partial charge in [-0.1, -0.05) is 19.9 Å². The molecule has 0 bridgehead atoms. The SMILES string of the molecule is C/C=C(/C)C(=O)O[C@@H]1c2c(C)coc2C(=O)[C@@]23O[C@@H]2CC[C@H](C)[C@@]13C. The fourth-order valence-electron chi connectivity index (χ4n) is 4.81. The second kappa shape index (κ2) is 5.07. The second-order valence-electron chi connectivity index (χ2n) is 7.85. The highest BCUT2D eigenvalue weighted by molar-refractivity contribution is 6.06. The summed E-state index contributed by atoms with van der Waals surface area (Å²) in [6.45, 7) is 9.59. The largest absolute Gasteiger partial charge is 0.460 e. The van der Waals surface area contributed by atoms with Crippen molar-refractivity contribution in [3.05, 3.63) is 34.8 Å². The number of furan rings is 1. The van der Waals surface area contributed by atoms with Crippen molar-refractivity contribution in [2.75, 3.05) is 0 Å². The Balaban J connectivity index is 1.90. The van der Waals surface area contributed by atoms with Crippen LogP contribution >= 0.6 is 0 Å². The first kappa shape index (κ1) is 16.6. The van der Waals surface area contributed by atoms with Crippen LogP contribution in [0.3, 0.4) is 0 Å². The summed E-state index contributed by atoms with van der Waals surface area (Å²) < 4.78 is 17.6. The highest BCUT2D eigenvalue weighted by atomic mass is 16.6. The van der Waals surface area contributed by atoms with Gasteiger partial charge in [-0.3, -0.25) is 4.79 Å². The van der Waals surface area contributed by atoms with Gasteiger partial charge in [0.15, 0.2) is 11.4 Å². The first-order valence-corrected chi connectivity index (χ1v) is 8.93. The van der Waals surface area contributed by atoms with E-state index in [0.717, 1.165) is 18.4 Å². The highest BCUT2D eigenvalue weighted by Gasteiger charge is 2.80. The van der Waals surface area contributed by atoms with Gasteiger partial charge in [-0.15, -0.1) is 0 Å². The normalized spacial score (nSPS) is 39.3. The standard InChI is InChI=1S/C20H24O5/c1-6-10(2)18(22)24-17-14-11(3)9-23-15(14)16(21)20-13(25-20)8-7-12(4)19(17,20)5/h6,9,12-13,17H,7-8H2,1-5H3/b10-6-/t12-,13+,17+,19-,20-/m0/s1. The molecule has 0 N–H and O–H groups in total. The second-order valence-corrected chi connectivity index (χ2v) is 7.85. The Labute approximate surface area is 147 Å². The molecule has 1 saturated carbocycles. The third-order valence-corrected chi connectivity index (χ3v) is 6.76. The van der Waals surface area contributed by atoms with E-state index in [-0.39, 0.29) is 23.8 Å². The number of ketones is 1. The summed E-state index contributed by atoms with van der Waals surface area (Å²) >= 11 is 0. The lowest BCUT2D eigenvalue weighted by Gasteiger charge is -2.49. The van der Waals surface area contributed by atoms with E-state index in [9.17, 15) is 9.59 Å². The van der Waals surface area contributed by atoms with Crippen molar-refractivity contribution in [2.45, 2.75) is 65.3 Å². The van der Waals surface area contributed by atoms with Gasteiger partial charge in [0.05, 0.1) is 17.8 Å². The van der Waals surface area contributed by atoms with Crippen LogP contribution in [0.2, 0.25) is 0 Å². The summed E-state index contributed by atoms with van der Waals surface area (Å²) in [6, 6.07) is 0. The van der Waals surface area contributed by atoms with E-state index < -0.39 is 17.1 Å². The van der Waals surface area contributed by atoms with Gasteiger partial charge in [-0.2, -0.15) is 0 Å². The predicted octanol–water partition coefficient (Wildman–Crippen LogP) is 3.91. The van der Waals surface area contributed by atoms with Crippen molar-refractivity contribution >= 4 is 11.8 Å². The van der Waals surface area contributed by atoms with E-state index in [1.807, 2.05) is 20.8 Å². The van der Waals surface area contributed by atoms with Crippen LogP contribution in [0.1, 0.15) is 68.3 Å². The van der Waals surface area contributed by atoms with Gasteiger partial charge in [0.25, 0.3) is 0 Å². The van der Waals surface area contributed by atoms with Gasteiger partial charge in [-0.05, 0) is 45.1 Å². The molecule has 2 aliphatic carbocycles. The maximum absolute atomic E-state index is 13.2. The van der Waals surface area contributed by atoms with E-state index >= 15 is 0 Å². The van der Waals surface area contributed by atoms with Gasteiger partial charge in [0, 0.05) is 11.1 Å². The fraction of sp³-hybridized carbons (Fsp3) is 0.600. The molecule has 25 heavy (non-hydrogen) atoms. The van der Waals surface area contributed by atoms with Crippen LogP contribution in [0.25, 0.3) is 0 Å². The topological polar surface area (TPSA) is 69.0 Å². The van der Waals surface area contributed by atoms with Gasteiger partial charge in [0.1, 0.15) is 6.10 Å². The Morgan fingerprint density at radius 2 is 2.12 bits per heavy atom. The minimum absolute atomic E-state index is 0.0929. The van der Waals surface area contributed by atoms with E-state index in [2.05, 4.69) is 6.92 Å². The molecule has 0 aromatic carbocycles. The Hall–Kier alpha value is -1.88. The zero-order chi connectivity index (χ0) is 18.1. The lowest BCUT2D eigenvalue weighted by Crippen LogP contribution is -2.57. The van der Waals surface area contributed by atoms with Crippen molar-refractivity contribution in [3.8, 4) is 0 Å². The number of hydrogen-bond acceptors (Lipinski definition) is 5. The van der Waals surface area contributed by atoms with Crippen LogP contribution in [0.4, 0.5) is 0 Å². The third kappa shape index (κ3) is 1.82. The Kier molecular flexibility index (Phi) is 3.36. The first-order chi connectivity index (χ1) is 11.8. The number of allylic oxidation sites excluding steroid dienone is 1. The van der Waals surface area contributed by atoms with E-state index in [0.29, 0.717) is 16.9 Å². The number of rotatable bonds is 2. The number of Topliss-reactive ketones (excluding diaryl/α,β-unsaturated/α-hetero) is 1.